The number of ether oxygens (including phenoxy) is 1. The molecule has 0 saturated heterocycles. The van der Waals surface area contributed by atoms with Crippen LogP contribution >= 0.6 is 0 Å². The molecule has 1 aliphatic rings. The van der Waals surface area contributed by atoms with Gasteiger partial charge in [0.1, 0.15) is 0 Å². The molecule has 0 atom stereocenters. The zero-order valence-electron chi connectivity index (χ0n) is 12.9. The predicted molar refractivity (Wildman–Crippen MR) is 81.7 cm³/mol. The number of rotatable bonds is 4. The number of aliphatic hydroxyl groups is 1. The molecule has 0 amide bonds. The second kappa shape index (κ2) is 7.21. The molecule has 2 rings (SSSR count). The third-order valence-electron chi connectivity index (χ3n) is 4.25. The van der Waals surface area contributed by atoms with Crippen LogP contribution in [0.1, 0.15) is 36.9 Å². The maximum atomic E-state index is 12.7. The second-order valence-corrected chi connectivity index (χ2v) is 5.79. The van der Waals surface area contributed by atoms with Crippen molar-refractivity contribution in [3.05, 3.63) is 23.4 Å². The molecular weight excluding hydrogens is 309 g/mol. The van der Waals surface area contributed by atoms with Crippen LogP contribution in [0, 0.1) is 11.8 Å². The lowest BCUT2D eigenvalue weighted by Crippen LogP contribution is -2.27. The molecular formula is C16H21F3N2O2. The standard InChI is InChI=1S/C16H21F3N2O2/c1-23-15-11(8-13(20)14(9-22)21-15)5-2-10-3-6-12(7-4-10)16(17,18)19/h2,5,8,10,12,22H,3-4,6-7,9,20H2,1H3/b5-2+. The van der Waals surface area contributed by atoms with E-state index in [0.29, 0.717) is 35.7 Å². The van der Waals surface area contributed by atoms with Crippen molar-refractivity contribution in [3.8, 4) is 5.88 Å². The Kier molecular flexibility index (Phi) is 5.51. The van der Waals surface area contributed by atoms with E-state index in [1.807, 2.05) is 6.08 Å². The lowest BCUT2D eigenvalue weighted by molar-refractivity contribution is -0.183. The quantitative estimate of drug-likeness (QED) is 0.886. The molecule has 1 aromatic heterocycles. The highest BCUT2D eigenvalue weighted by Gasteiger charge is 2.40. The first kappa shape index (κ1) is 17.6. The summed E-state index contributed by atoms with van der Waals surface area (Å²) in [5.74, 6) is -0.733. The van der Waals surface area contributed by atoms with Gasteiger partial charge >= 0.3 is 6.18 Å². The van der Waals surface area contributed by atoms with Gasteiger partial charge in [0, 0.05) is 5.56 Å². The van der Waals surface area contributed by atoms with E-state index in [0.717, 1.165) is 0 Å². The Morgan fingerprint density at radius 3 is 2.52 bits per heavy atom. The van der Waals surface area contributed by atoms with Crippen molar-refractivity contribution >= 4 is 11.8 Å². The Labute approximate surface area is 133 Å². The first-order valence-electron chi connectivity index (χ1n) is 7.54. The molecule has 7 heteroatoms. The van der Waals surface area contributed by atoms with Gasteiger partial charge in [0.25, 0.3) is 0 Å². The number of aliphatic hydroxyl groups excluding tert-OH is 1. The molecule has 0 radical (unpaired) electrons. The Morgan fingerprint density at radius 2 is 2.00 bits per heavy atom. The number of pyridine rings is 1. The minimum atomic E-state index is -4.09. The maximum Gasteiger partial charge on any atom is 0.391 e. The second-order valence-electron chi connectivity index (χ2n) is 5.79. The highest BCUT2D eigenvalue weighted by atomic mass is 19.4. The number of nitrogen functional groups attached to an aromatic ring is 1. The zero-order valence-corrected chi connectivity index (χ0v) is 12.9. The van der Waals surface area contributed by atoms with Crippen molar-refractivity contribution in [2.24, 2.45) is 11.8 Å². The summed E-state index contributed by atoms with van der Waals surface area (Å²) < 4.78 is 43.1. The van der Waals surface area contributed by atoms with Crippen LogP contribution in [0.25, 0.3) is 6.08 Å². The molecule has 1 heterocycles. The number of allylic oxidation sites excluding steroid dienone is 1. The third-order valence-corrected chi connectivity index (χ3v) is 4.25. The molecule has 0 aliphatic heterocycles. The number of alkyl halides is 3. The molecule has 3 N–H and O–H groups in total. The molecule has 128 valence electrons. The van der Waals surface area contributed by atoms with Crippen molar-refractivity contribution in [1.82, 2.24) is 4.98 Å². The Morgan fingerprint density at radius 1 is 1.35 bits per heavy atom. The number of anilines is 1. The Balaban J connectivity index is 2.05. The smallest absolute Gasteiger partial charge is 0.391 e. The summed E-state index contributed by atoms with van der Waals surface area (Å²) in [6, 6.07) is 1.65. The van der Waals surface area contributed by atoms with Gasteiger partial charge in [-0.25, -0.2) is 4.98 Å². The molecule has 1 aromatic rings. The average Bonchev–Trinajstić information content (AvgIpc) is 2.52. The van der Waals surface area contributed by atoms with Gasteiger partial charge in [-0.1, -0.05) is 12.2 Å². The monoisotopic (exact) mass is 330 g/mol. The van der Waals surface area contributed by atoms with Gasteiger partial charge in [-0.2, -0.15) is 13.2 Å². The highest BCUT2D eigenvalue weighted by Crippen LogP contribution is 2.40. The van der Waals surface area contributed by atoms with Crippen molar-refractivity contribution in [1.29, 1.82) is 0 Å². The maximum absolute atomic E-state index is 12.7. The number of hydrogen-bond donors (Lipinski definition) is 2. The van der Waals surface area contributed by atoms with Crippen molar-refractivity contribution in [2.45, 2.75) is 38.5 Å². The van der Waals surface area contributed by atoms with E-state index in [2.05, 4.69) is 4.98 Å². The number of nitrogens with two attached hydrogens (primary N) is 1. The van der Waals surface area contributed by atoms with Crippen molar-refractivity contribution in [3.63, 3.8) is 0 Å². The number of halogens is 3. The molecule has 1 saturated carbocycles. The van der Waals surface area contributed by atoms with Crippen LogP contribution in [0.2, 0.25) is 0 Å². The van der Waals surface area contributed by atoms with E-state index in [1.54, 1.807) is 12.1 Å². The van der Waals surface area contributed by atoms with Crippen molar-refractivity contribution in [2.75, 3.05) is 12.8 Å². The van der Waals surface area contributed by atoms with Crippen LogP contribution in [0.3, 0.4) is 0 Å². The van der Waals surface area contributed by atoms with E-state index in [4.69, 9.17) is 15.6 Å². The van der Waals surface area contributed by atoms with E-state index in [-0.39, 0.29) is 25.4 Å². The number of aromatic nitrogens is 1. The third kappa shape index (κ3) is 4.37. The Bertz CT molecular complexity index is 565. The van der Waals surface area contributed by atoms with E-state index < -0.39 is 12.1 Å². The fourth-order valence-corrected chi connectivity index (χ4v) is 2.85. The van der Waals surface area contributed by atoms with Crippen molar-refractivity contribution < 1.29 is 23.0 Å². The SMILES string of the molecule is COc1nc(CO)c(N)cc1/C=C/C1CCC(C(F)(F)F)CC1. The van der Waals surface area contributed by atoms with Crippen LogP contribution in [-0.4, -0.2) is 23.4 Å². The largest absolute Gasteiger partial charge is 0.481 e. The predicted octanol–water partition coefficient (Wildman–Crippen LogP) is 3.55. The van der Waals surface area contributed by atoms with Gasteiger partial charge in [-0.3, -0.25) is 0 Å². The zero-order chi connectivity index (χ0) is 17.0. The average molecular weight is 330 g/mol. The summed E-state index contributed by atoms with van der Waals surface area (Å²) in [4.78, 5) is 4.12. The highest BCUT2D eigenvalue weighted by molar-refractivity contribution is 5.61. The van der Waals surface area contributed by atoms with Gasteiger partial charge in [0.15, 0.2) is 0 Å². The summed E-state index contributed by atoms with van der Waals surface area (Å²) in [6.07, 6.45) is 0.947. The minimum Gasteiger partial charge on any atom is -0.481 e. The summed E-state index contributed by atoms with van der Waals surface area (Å²) in [6.45, 7) is -0.284. The van der Waals surface area contributed by atoms with E-state index in [1.165, 1.54) is 7.11 Å². The number of methoxy groups -OCH3 is 1. The topological polar surface area (TPSA) is 68.4 Å². The molecule has 23 heavy (non-hydrogen) atoms. The van der Waals surface area contributed by atoms with Gasteiger partial charge in [-0.05, 0) is 37.7 Å². The number of hydrogen-bond acceptors (Lipinski definition) is 4. The summed E-state index contributed by atoms with van der Waals surface area (Å²) in [7, 11) is 1.46. The van der Waals surface area contributed by atoms with Crippen LogP contribution in [0.15, 0.2) is 12.1 Å². The summed E-state index contributed by atoms with van der Waals surface area (Å²) >= 11 is 0. The van der Waals surface area contributed by atoms with Gasteiger partial charge in [-0.15, -0.1) is 0 Å². The molecule has 0 aromatic carbocycles. The van der Waals surface area contributed by atoms with Gasteiger partial charge in [0.05, 0.1) is 31.0 Å². The van der Waals surface area contributed by atoms with Crippen LogP contribution < -0.4 is 10.5 Å². The fraction of sp³-hybridized carbons (Fsp3) is 0.562. The fourth-order valence-electron chi connectivity index (χ4n) is 2.85. The van der Waals surface area contributed by atoms with Crippen LogP contribution in [0.5, 0.6) is 5.88 Å². The lowest BCUT2D eigenvalue weighted by atomic mass is 9.81. The summed E-state index contributed by atoms with van der Waals surface area (Å²) in [5, 5.41) is 9.15. The molecule has 0 spiro atoms. The Hall–Kier alpha value is -1.76. The van der Waals surface area contributed by atoms with E-state index >= 15 is 0 Å². The number of nitrogens with zero attached hydrogens (tertiary/aromatic N) is 1. The molecule has 0 unspecified atom stereocenters. The minimum absolute atomic E-state index is 0.108. The van der Waals surface area contributed by atoms with Crippen LogP contribution in [0.4, 0.5) is 18.9 Å². The first-order valence-corrected chi connectivity index (χ1v) is 7.54. The molecule has 0 bridgehead atoms. The lowest BCUT2D eigenvalue weighted by Gasteiger charge is -2.28. The first-order chi connectivity index (χ1) is 10.8. The normalized spacial score (nSPS) is 22.5. The molecule has 1 fully saturated rings. The van der Waals surface area contributed by atoms with Gasteiger partial charge in [0.2, 0.25) is 5.88 Å². The molecule has 1 aliphatic carbocycles. The van der Waals surface area contributed by atoms with Crippen LogP contribution in [-0.2, 0) is 6.61 Å². The molecule has 4 nitrogen and oxygen atoms in total. The van der Waals surface area contributed by atoms with Gasteiger partial charge < -0.3 is 15.6 Å². The summed E-state index contributed by atoms with van der Waals surface area (Å²) in [5.41, 5.74) is 7.14. The van der Waals surface area contributed by atoms with E-state index in [9.17, 15) is 13.2 Å².